The van der Waals surface area contributed by atoms with Crippen LogP contribution in [0.2, 0.25) is 0 Å². The average Bonchev–Trinajstić information content (AvgIpc) is 1.99. The van der Waals surface area contributed by atoms with Crippen LogP contribution in [-0.4, -0.2) is 33.7 Å². The van der Waals surface area contributed by atoms with E-state index in [1.807, 2.05) is 38.1 Å². The molecule has 0 heterocycles. The van der Waals surface area contributed by atoms with Gasteiger partial charge in [0.15, 0.2) is 9.84 Å². The van der Waals surface area contributed by atoms with Crippen LogP contribution in [0.5, 0.6) is 0 Å². The maximum Gasteiger partial charge on any atom is 0.175 e. The fourth-order valence-electron chi connectivity index (χ4n) is 1.53. The van der Waals surface area contributed by atoms with E-state index < -0.39 is 9.84 Å². The van der Waals surface area contributed by atoms with Crippen LogP contribution in [0.1, 0.15) is 11.1 Å². The molecule has 0 bridgehead atoms. The van der Waals surface area contributed by atoms with Crippen molar-refractivity contribution in [2.24, 2.45) is 0 Å². The summed E-state index contributed by atoms with van der Waals surface area (Å²) in [6, 6.07) is 5.44. The van der Waals surface area contributed by atoms with Crippen molar-refractivity contribution >= 4 is 9.84 Å². The fourth-order valence-corrected chi connectivity index (χ4v) is 2.45. The third kappa shape index (κ3) is 3.32. The Balaban J connectivity index is 3.27. The molecule has 0 aliphatic carbocycles. The topological polar surface area (TPSA) is 37.4 Å². The summed E-state index contributed by atoms with van der Waals surface area (Å²) in [7, 11) is 0.727. The summed E-state index contributed by atoms with van der Waals surface area (Å²) in [6.07, 6.45) is 1.25. The molecule has 0 spiro atoms. The molecule has 0 fully saturated rings. The van der Waals surface area contributed by atoms with E-state index in [0.717, 1.165) is 11.1 Å². The minimum atomic E-state index is -3.12. The van der Waals surface area contributed by atoms with Gasteiger partial charge in [0.1, 0.15) is 0 Å². The van der Waals surface area contributed by atoms with Crippen LogP contribution in [0, 0.1) is 6.92 Å². The zero-order chi connectivity index (χ0) is 11.6. The second-order valence-corrected chi connectivity index (χ2v) is 6.11. The molecule has 1 rings (SSSR count). The molecule has 0 saturated heterocycles. The fraction of sp³-hybridized carbons (Fsp3) is 0.455. The van der Waals surface area contributed by atoms with Gasteiger partial charge in [-0.25, -0.2) is 8.42 Å². The van der Waals surface area contributed by atoms with Gasteiger partial charge in [0.05, 0.1) is 4.90 Å². The van der Waals surface area contributed by atoms with Crippen molar-refractivity contribution in [2.75, 3.05) is 20.4 Å². The van der Waals surface area contributed by atoms with Gasteiger partial charge < -0.3 is 4.90 Å². The second kappa shape index (κ2) is 4.33. The lowest BCUT2D eigenvalue weighted by molar-refractivity contribution is 0.398. The van der Waals surface area contributed by atoms with Crippen molar-refractivity contribution in [3.63, 3.8) is 0 Å². The van der Waals surface area contributed by atoms with Crippen molar-refractivity contribution in [1.82, 2.24) is 4.90 Å². The summed E-state index contributed by atoms with van der Waals surface area (Å²) in [5, 5.41) is 0. The Morgan fingerprint density at radius 3 is 2.33 bits per heavy atom. The molecule has 84 valence electrons. The molecule has 0 amide bonds. The predicted molar refractivity (Wildman–Crippen MR) is 61.7 cm³/mol. The predicted octanol–water partition coefficient (Wildman–Crippen LogP) is 1.46. The van der Waals surface area contributed by atoms with Crippen LogP contribution in [-0.2, 0) is 16.4 Å². The monoisotopic (exact) mass is 227 g/mol. The number of nitrogens with zero attached hydrogens (tertiary/aromatic N) is 1. The van der Waals surface area contributed by atoms with Gasteiger partial charge in [-0.3, -0.25) is 0 Å². The molecule has 4 heteroatoms. The van der Waals surface area contributed by atoms with E-state index in [1.54, 1.807) is 6.07 Å². The molecule has 1 aromatic carbocycles. The standard InChI is InChI=1S/C11H17NO2S/c1-9-5-6-11(15(4,13)14)10(7-9)8-12(2)3/h5-7H,8H2,1-4H3. The summed E-state index contributed by atoms with van der Waals surface area (Å²) in [5.74, 6) is 0. The first-order valence-electron chi connectivity index (χ1n) is 4.75. The summed E-state index contributed by atoms with van der Waals surface area (Å²) >= 11 is 0. The molecule has 0 atom stereocenters. The van der Waals surface area contributed by atoms with E-state index in [0.29, 0.717) is 11.4 Å². The molecule has 0 aromatic heterocycles. The number of sulfone groups is 1. The van der Waals surface area contributed by atoms with E-state index in [2.05, 4.69) is 0 Å². The average molecular weight is 227 g/mol. The van der Waals surface area contributed by atoms with Crippen LogP contribution in [0.25, 0.3) is 0 Å². The molecular weight excluding hydrogens is 210 g/mol. The van der Waals surface area contributed by atoms with Crippen molar-refractivity contribution in [1.29, 1.82) is 0 Å². The van der Waals surface area contributed by atoms with Gasteiger partial charge in [0.25, 0.3) is 0 Å². The third-order valence-corrected chi connectivity index (χ3v) is 3.30. The Kier molecular flexibility index (Phi) is 3.52. The van der Waals surface area contributed by atoms with E-state index >= 15 is 0 Å². The highest BCUT2D eigenvalue weighted by Gasteiger charge is 2.13. The highest BCUT2D eigenvalue weighted by atomic mass is 32.2. The SMILES string of the molecule is Cc1ccc(S(C)(=O)=O)c(CN(C)C)c1. The normalized spacial score (nSPS) is 12.1. The lowest BCUT2D eigenvalue weighted by Crippen LogP contribution is -2.14. The molecular formula is C11H17NO2S. The smallest absolute Gasteiger partial charge is 0.175 e. The van der Waals surface area contributed by atoms with Gasteiger partial charge in [-0.1, -0.05) is 17.7 Å². The number of aryl methyl sites for hydroxylation is 1. The third-order valence-electron chi connectivity index (χ3n) is 2.10. The Hall–Kier alpha value is -0.870. The zero-order valence-corrected chi connectivity index (χ0v) is 10.4. The van der Waals surface area contributed by atoms with Crippen LogP contribution >= 0.6 is 0 Å². The Labute approximate surface area is 91.6 Å². The molecule has 0 unspecified atom stereocenters. The maximum atomic E-state index is 11.5. The van der Waals surface area contributed by atoms with Crippen LogP contribution in [0.15, 0.2) is 23.1 Å². The molecule has 0 saturated carbocycles. The zero-order valence-electron chi connectivity index (χ0n) is 9.61. The van der Waals surface area contributed by atoms with Crippen LogP contribution < -0.4 is 0 Å². The quantitative estimate of drug-likeness (QED) is 0.784. The number of hydrogen-bond acceptors (Lipinski definition) is 3. The summed E-state index contributed by atoms with van der Waals surface area (Å²) in [5.41, 5.74) is 1.95. The summed E-state index contributed by atoms with van der Waals surface area (Å²) in [4.78, 5) is 2.39. The summed E-state index contributed by atoms with van der Waals surface area (Å²) in [6.45, 7) is 2.61. The molecule has 0 N–H and O–H groups in total. The van der Waals surface area contributed by atoms with Crippen molar-refractivity contribution in [2.45, 2.75) is 18.4 Å². The van der Waals surface area contributed by atoms with Gasteiger partial charge in [0, 0.05) is 12.8 Å². The second-order valence-electron chi connectivity index (χ2n) is 4.12. The van der Waals surface area contributed by atoms with Crippen molar-refractivity contribution < 1.29 is 8.42 Å². The first-order chi connectivity index (χ1) is 6.80. The number of benzene rings is 1. The van der Waals surface area contributed by atoms with Gasteiger partial charge in [0.2, 0.25) is 0 Å². The van der Waals surface area contributed by atoms with E-state index in [4.69, 9.17) is 0 Å². The lowest BCUT2D eigenvalue weighted by atomic mass is 10.1. The van der Waals surface area contributed by atoms with E-state index in [-0.39, 0.29) is 0 Å². The first-order valence-corrected chi connectivity index (χ1v) is 6.64. The molecule has 0 radical (unpaired) electrons. The minimum Gasteiger partial charge on any atom is -0.305 e. The lowest BCUT2D eigenvalue weighted by Gasteiger charge is -2.13. The van der Waals surface area contributed by atoms with Crippen molar-refractivity contribution in [3.8, 4) is 0 Å². The maximum absolute atomic E-state index is 11.5. The summed E-state index contributed by atoms with van der Waals surface area (Å²) < 4.78 is 23.1. The number of hydrogen-bond donors (Lipinski definition) is 0. The Bertz CT molecular complexity index is 450. The Morgan fingerprint density at radius 1 is 1.27 bits per heavy atom. The van der Waals surface area contributed by atoms with Gasteiger partial charge >= 0.3 is 0 Å². The van der Waals surface area contributed by atoms with Crippen molar-refractivity contribution in [3.05, 3.63) is 29.3 Å². The molecule has 0 aliphatic rings. The largest absolute Gasteiger partial charge is 0.305 e. The van der Waals surface area contributed by atoms with Gasteiger partial charge in [-0.05, 0) is 32.6 Å². The highest BCUT2D eigenvalue weighted by molar-refractivity contribution is 7.90. The first kappa shape index (κ1) is 12.2. The molecule has 15 heavy (non-hydrogen) atoms. The Morgan fingerprint density at radius 2 is 1.87 bits per heavy atom. The van der Waals surface area contributed by atoms with Gasteiger partial charge in [-0.15, -0.1) is 0 Å². The molecule has 3 nitrogen and oxygen atoms in total. The van der Waals surface area contributed by atoms with E-state index in [9.17, 15) is 8.42 Å². The van der Waals surface area contributed by atoms with Crippen LogP contribution in [0.3, 0.4) is 0 Å². The number of rotatable bonds is 3. The highest BCUT2D eigenvalue weighted by Crippen LogP contribution is 2.18. The van der Waals surface area contributed by atoms with Gasteiger partial charge in [-0.2, -0.15) is 0 Å². The molecule has 0 aliphatic heterocycles. The van der Waals surface area contributed by atoms with E-state index in [1.165, 1.54) is 6.26 Å². The van der Waals surface area contributed by atoms with Crippen LogP contribution in [0.4, 0.5) is 0 Å². The molecule has 1 aromatic rings. The minimum absolute atomic E-state index is 0.432.